The first-order chi connectivity index (χ1) is 8.25. The molecule has 2 fully saturated rings. The Balaban J connectivity index is 1.59. The third kappa shape index (κ3) is 4.26. The van der Waals surface area contributed by atoms with Crippen LogP contribution in [0.1, 0.15) is 64.7 Å². The molecular weight excluding hydrogens is 210 g/mol. The molecule has 2 unspecified atom stereocenters. The van der Waals surface area contributed by atoms with Crippen LogP contribution in [0.2, 0.25) is 0 Å². The van der Waals surface area contributed by atoms with Crippen LogP contribution in [0.3, 0.4) is 0 Å². The van der Waals surface area contributed by atoms with Crippen LogP contribution in [0.5, 0.6) is 0 Å². The van der Waals surface area contributed by atoms with Gasteiger partial charge in [0.05, 0.1) is 6.10 Å². The summed E-state index contributed by atoms with van der Waals surface area (Å²) in [6.07, 6.45) is 11.6. The van der Waals surface area contributed by atoms with Crippen LogP contribution in [0.15, 0.2) is 0 Å². The molecule has 0 heterocycles. The molecule has 2 N–H and O–H groups in total. The zero-order valence-electron chi connectivity index (χ0n) is 11.3. The number of nitrogens with one attached hydrogen (secondary N) is 1. The van der Waals surface area contributed by atoms with Gasteiger partial charge in [0, 0.05) is 6.04 Å². The highest BCUT2D eigenvalue weighted by Gasteiger charge is 2.23. The summed E-state index contributed by atoms with van der Waals surface area (Å²) in [5.41, 5.74) is 0. The van der Waals surface area contributed by atoms with Crippen molar-refractivity contribution in [1.82, 2.24) is 5.32 Å². The highest BCUT2D eigenvalue weighted by atomic mass is 16.3. The van der Waals surface area contributed by atoms with Gasteiger partial charge in [-0.25, -0.2) is 0 Å². The summed E-state index contributed by atoms with van der Waals surface area (Å²) >= 11 is 0. The minimum absolute atomic E-state index is 0.0878. The minimum atomic E-state index is -0.0878. The van der Waals surface area contributed by atoms with E-state index in [1.54, 1.807) is 0 Å². The molecule has 0 aromatic heterocycles. The van der Waals surface area contributed by atoms with Gasteiger partial charge in [0.1, 0.15) is 0 Å². The Labute approximate surface area is 106 Å². The van der Waals surface area contributed by atoms with E-state index in [4.69, 9.17) is 0 Å². The fourth-order valence-corrected chi connectivity index (χ4v) is 3.44. The Bertz CT molecular complexity index is 211. The van der Waals surface area contributed by atoms with Gasteiger partial charge >= 0.3 is 0 Å². The number of hydrogen-bond acceptors (Lipinski definition) is 2. The smallest absolute Gasteiger partial charge is 0.0693 e. The summed E-state index contributed by atoms with van der Waals surface area (Å²) in [6, 6.07) is 0.381. The highest BCUT2D eigenvalue weighted by molar-refractivity contribution is 4.81. The van der Waals surface area contributed by atoms with Crippen molar-refractivity contribution < 1.29 is 5.11 Å². The first-order valence-electron chi connectivity index (χ1n) is 7.67. The summed E-state index contributed by atoms with van der Waals surface area (Å²) in [5, 5.41) is 13.5. The van der Waals surface area contributed by atoms with Gasteiger partial charge in [-0.05, 0) is 37.6 Å². The van der Waals surface area contributed by atoms with Gasteiger partial charge in [0.25, 0.3) is 0 Å². The number of rotatable bonds is 4. The normalized spacial score (nSPS) is 39.2. The van der Waals surface area contributed by atoms with Gasteiger partial charge in [-0.1, -0.05) is 45.4 Å². The standard InChI is InChI=1S/C15H29NO/c1-12-6-8-13(9-7-12)10-11-16-14-4-2-3-5-15(14)17/h12-17H,2-11H2,1H3. The lowest BCUT2D eigenvalue weighted by Gasteiger charge is -2.30. The van der Waals surface area contributed by atoms with Crippen LogP contribution in [-0.2, 0) is 0 Å². The van der Waals surface area contributed by atoms with Crippen molar-refractivity contribution in [2.45, 2.75) is 76.9 Å². The molecule has 2 rings (SSSR count). The molecule has 0 spiro atoms. The second-order valence-corrected chi connectivity index (χ2v) is 6.33. The molecule has 0 saturated heterocycles. The molecule has 2 heteroatoms. The molecule has 0 radical (unpaired) electrons. The SMILES string of the molecule is CC1CCC(CCNC2CCCCC2O)CC1. The molecule has 0 aromatic rings. The Morgan fingerprint density at radius 2 is 1.71 bits per heavy atom. The van der Waals surface area contributed by atoms with Gasteiger partial charge < -0.3 is 10.4 Å². The first-order valence-corrected chi connectivity index (χ1v) is 7.67. The van der Waals surface area contributed by atoms with Crippen LogP contribution in [0.4, 0.5) is 0 Å². The monoisotopic (exact) mass is 239 g/mol. The summed E-state index contributed by atoms with van der Waals surface area (Å²) in [4.78, 5) is 0. The average Bonchev–Trinajstić information content (AvgIpc) is 2.34. The second kappa shape index (κ2) is 6.75. The Kier molecular flexibility index (Phi) is 5.30. The van der Waals surface area contributed by atoms with E-state index in [0.717, 1.165) is 24.8 Å². The summed E-state index contributed by atoms with van der Waals surface area (Å²) in [7, 11) is 0. The third-order valence-corrected chi connectivity index (χ3v) is 4.82. The predicted molar refractivity (Wildman–Crippen MR) is 72.0 cm³/mol. The zero-order valence-corrected chi connectivity index (χ0v) is 11.3. The van der Waals surface area contributed by atoms with Crippen LogP contribution < -0.4 is 5.32 Å². The summed E-state index contributed by atoms with van der Waals surface area (Å²) in [6.45, 7) is 3.49. The molecule has 2 aliphatic carbocycles. The Morgan fingerprint density at radius 3 is 2.41 bits per heavy atom. The molecule has 2 nitrogen and oxygen atoms in total. The molecule has 2 aliphatic rings. The third-order valence-electron chi connectivity index (χ3n) is 4.82. The van der Waals surface area contributed by atoms with Crippen LogP contribution in [0.25, 0.3) is 0 Å². The topological polar surface area (TPSA) is 32.3 Å². The van der Waals surface area contributed by atoms with Gasteiger partial charge in [0.2, 0.25) is 0 Å². The summed E-state index contributed by atoms with van der Waals surface area (Å²) in [5.74, 6) is 1.90. The van der Waals surface area contributed by atoms with Gasteiger partial charge in [-0.15, -0.1) is 0 Å². The lowest BCUT2D eigenvalue weighted by Crippen LogP contribution is -2.42. The van der Waals surface area contributed by atoms with Gasteiger partial charge in [0.15, 0.2) is 0 Å². The van der Waals surface area contributed by atoms with E-state index in [1.165, 1.54) is 51.4 Å². The Hall–Kier alpha value is -0.0800. The number of hydrogen-bond donors (Lipinski definition) is 2. The van der Waals surface area contributed by atoms with Gasteiger partial charge in [-0.2, -0.15) is 0 Å². The fourth-order valence-electron chi connectivity index (χ4n) is 3.44. The molecule has 2 saturated carbocycles. The predicted octanol–water partition coefficient (Wildman–Crippen LogP) is 3.10. The average molecular weight is 239 g/mol. The van der Waals surface area contributed by atoms with Crippen molar-refractivity contribution in [1.29, 1.82) is 0 Å². The molecule has 0 aliphatic heterocycles. The molecule has 0 aromatic carbocycles. The Morgan fingerprint density at radius 1 is 1.00 bits per heavy atom. The van der Waals surface area contributed by atoms with Crippen LogP contribution >= 0.6 is 0 Å². The quantitative estimate of drug-likeness (QED) is 0.790. The second-order valence-electron chi connectivity index (χ2n) is 6.33. The minimum Gasteiger partial charge on any atom is -0.392 e. The van der Waals surface area contributed by atoms with Crippen molar-refractivity contribution in [3.05, 3.63) is 0 Å². The van der Waals surface area contributed by atoms with E-state index in [0.29, 0.717) is 6.04 Å². The largest absolute Gasteiger partial charge is 0.392 e. The van der Waals surface area contributed by atoms with E-state index in [2.05, 4.69) is 12.2 Å². The van der Waals surface area contributed by atoms with E-state index in [9.17, 15) is 5.11 Å². The maximum atomic E-state index is 9.88. The lowest BCUT2D eigenvalue weighted by molar-refractivity contribution is 0.0898. The molecule has 0 bridgehead atoms. The van der Waals surface area contributed by atoms with Gasteiger partial charge in [-0.3, -0.25) is 0 Å². The van der Waals surface area contributed by atoms with E-state index < -0.39 is 0 Å². The van der Waals surface area contributed by atoms with Crippen molar-refractivity contribution in [3.8, 4) is 0 Å². The molecule has 100 valence electrons. The first kappa shape index (κ1) is 13.4. The van der Waals surface area contributed by atoms with Crippen LogP contribution in [-0.4, -0.2) is 23.8 Å². The molecular formula is C15H29NO. The maximum Gasteiger partial charge on any atom is 0.0693 e. The number of aliphatic hydroxyl groups is 1. The molecule has 0 amide bonds. The van der Waals surface area contributed by atoms with E-state index in [1.807, 2.05) is 0 Å². The van der Waals surface area contributed by atoms with Crippen molar-refractivity contribution in [3.63, 3.8) is 0 Å². The fraction of sp³-hybridized carbons (Fsp3) is 1.00. The van der Waals surface area contributed by atoms with E-state index >= 15 is 0 Å². The number of aliphatic hydroxyl groups excluding tert-OH is 1. The van der Waals surface area contributed by atoms with E-state index in [-0.39, 0.29) is 6.10 Å². The van der Waals surface area contributed by atoms with Crippen LogP contribution in [0, 0.1) is 11.8 Å². The molecule has 17 heavy (non-hydrogen) atoms. The van der Waals surface area contributed by atoms with Crippen molar-refractivity contribution >= 4 is 0 Å². The lowest BCUT2D eigenvalue weighted by atomic mass is 9.81. The summed E-state index contributed by atoms with van der Waals surface area (Å²) < 4.78 is 0. The van der Waals surface area contributed by atoms with Crippen molar-refractivity contribution in [2.24, 2.45) is 11.8 Å². The zero-order chi connectivity index (χ0) is 12.1. The molecule has 2 atom stereocenters. The van der Waals surface area contributed by atoms with Crippen molar-refractivity contribution in [2.75, 3.05) is 6.54 Å². The highest BCUT2D eigenvalue weighted by Crippen LogP contribution is 2.30. The maximum absolute atomic E-state index is 9.88.